The molecule has 0 heterocycles. The number of nitrogens with zero attached hydrogens (tertiary/aromatic N) is 1. The van der Waals surface area contributed by atoms with Crippen LogP contribution in [0.1, 0.15) is 107 Å². The molecule has 1 aromatic carbocycles. The normalized spacial score (nSPS) is 27.3. The summed E-state index contributed by atoms with van der Waals surface area (Å²) in [6.07, 6.45) is 21.4. The zero-order valence-electron chi connectivity index (χ0n) is 18.5. The van der Waals surface area contributed by atoms with Gasteiger partial charge in [0.05, 0.1) is 0 Å². The minimum atomic E-state index is -0.726. The molecule has 0 aromatic heterocycles. The van der Waals surface area contributed by atoms with Crippen molar-refractivity contribution >= 4 is 0 Å². The number of hydrogen-bond acceptors (Lipinski definition) is 1. The number of benzene rings is 1. The average molecular weight is 414 g/mol. The van der Waals surface area contributed by atoms with E-state index in [-0.39, 0.29) is 5.92 Å². The van der Waals surface area contributed by atoms with Gasteiger partial charge in [-0.25, -0.2) is 8.78 Å². The van der Waals surface area contributed by atoms with Crippen LogP contribution in [0, 0.1) is 40.7 Å². The summed E-state index contributed by atoms with van der Waals surface area (Å²) in [5.41, 5.74) is 0.245. The molecule has 0 unspecified atom stereocenters. The zero-order chi connectivity index (χ0) is 21.3. The fourth-order valence-electron chi connectivity index (χ4n) is 5.42. The summed E-state index contributed by atoms with van der Waals surface area (Å²) < 4.78 is 27.9. The first kappa shape index (κ1) is 23.0. The van der Waals surface area contributed by atoms with Crippen molar-refractivity contribution in [2.75, 3.05) is 0 Å². The Kier molecular flexibility index (Phi) is 8.91. The predicted octanol–water partition coefficient (Wildman–Crippen LogP) is 8.44. The van der Waals surface area contributed by atoms with Gasteiger partial charge in [0.15, 0.2) is 0 Å². The lowest BCUT2D eigenvalue weighted by atomic mass is 9.76. The van der Waals surface area contributed by atoms with Crippen LogP contribution < -0.4 is 0 Å². The van der Waals surface area contributed by atoms with Crippen LogP contribution in [0.2, 0.25) is 0 Å². The Balaban J connectivity index is 1.40. The molecule has 1 nitrogen and oxygen atoms in total. The lowest BCUT2D eigenvalue weighted by molar-refractivity contribution is 0.287. The van der Waals surface area contributed by atoms with Gasteiger partial charge in [-0.1, -0.05) is 51.2 Å². The van der Waals surface area contributed by atoms with Crippen LogP contribution in [-0.4, -0.2) is 0 Å². The molecular weight excluding hydrogens is 376 g/mol. The maximum Gasteiger partial charge on any atom is 0.144 e. The van der Waals surface area contributed by atoms with E-state index in [0.717, 1.165) is 37.5 Å². The van der Waals surface area contributed by atoms with Gasteiger partial charge in [-0.2, -0.15) is 5.26 Å². The fourth-order valence-corrected chi connectivity index (χ4v) is 5.42. The van der Waals surface area contributed by atoms with Crippen LogP contribution in [0.5, 0.6) is 0 Å². The Morgan fingerprint density at radius 2 is 1.43 bits per heavy atom. The van der Waals surface area contributed by atoms with E-state index in [2.05, 4.69) is 19.1 Å². The van der Waals surface area contributed by atoms with Gasteiger partial charge in [0.25, 0.3) is 0 Å². The van der Waals surface area contributed by atoms with Crippen molar-refractivity contribution in [3.8, 4) is 6.07 Å². The monoisotopic (exact) mass is 413 g/mol. The Bertz CT molecular complexity index is 709. The van der Waals surface area contributed by atoms with E-state index >= 15 is 0 Å². The smallest absolute Gasteiger partial charge is 0.144 e. The summed E-state index contributed by atoms with van der Waals surface area (Å²) in [6, 6.07) is 4.34. The number of unbranched alkanes of at least 4 members (excludes halogenated alkanes) is 3. The Labute approximate surface area is 181 Å². The summed E-state index contributed by atoms with van der Waals surface area (Å²) >= 11 is 0. The van der Waals surface area contributed by atoms with Gasteiger partial charge >= 0.3 is 0 Å². The zero-order valence-corrected chi connectivity index (χ0v) is 18.5. The van der Waals surface area contributed by atoms with Gasteiger partial charge in [0.2, 0.25) is 0 Å². The van der Waals surface area contributed by atoms with Gasteiger partial charge in [-0.3, -0.25) is 0 Å². The van der Waals surface area contributed by atoms with E-state index in [1.807, 2.05) is 0 Å². The first-order chi connectivity index (χ1) is 14.6. The number of allylic oxidation sites excluding steroid dienone is 2. The van der Waals surface area contributed by atoms with Crippen LogP contribution in [0.4, 0.5) is 8.78 Å². The van der Waals surface area contributed by atoms with Crippen LogP contribution in [0.25, 0.3) is 0 Å². The summed E-state index contributed by atoms with van der Waals surface area (Å²) in [7, 11) is 0. The van der Waals surface area contributed by atoms with Crippen LogP contribution in [0.3, 0.4) is 0 Å². The third kappa shape index (κ3) is 6.40. The molecule has 164 valence electrons. The molecule has 3 rings (SSSR count). The summed E-state index contributed by atoms with van der Waals surface area (Å²) in [5.74, 6) is 1.05. The van der Waals surface area contributed by atoms with Crippen molar-refractivity contribution in [3.05, 3.63) is 47.0 Å². The standard InChI is InChI=1S/C27H37F2N/c1-2-3-4-5-6-20-7-9-21(10-8-20)11-12-22-13-15-23(16-14-22)24-17-26(28)25(19-30)27(29)18-24/h11-12,17-18,20-23H,2-10,13-16H2,1H3. The lowest BCUT2D eigenvalue weighted by Gasteiger charge is -2.29. The summed E-state index contributed by atoms with van der Waals surface area (Å²) in [6.45, 7) is 2.27. The van der Waals surface area contributed by atoms with Crippen molar-refractivity contribution in [1.82, 2.24) is 0 Å². The molecule has 0 bridgehead atoms. The third-order valence-corrected chi connectivity index (χ3v) is 7.43. The van der Waals surface area contributed by atoms with E-state index in [0.29, 0.717) is 11.5 Å². The molecule has 2 aliphatic carbocycles. The molecule has 3 heteroatoms. The van der Waals surface area contributed by atoms with E-state index in [4.69, 9.17) is 5.26 Å². The third-order valence-electron chi connectivity index (χ3n) is 7.43. The number of rotatable bonds is 8. The maximum atomic E-state index is 13.9. The highest BCUT2D eigenvalue weighted by atomic mass is 19.1. The van der Waals surface area contributed by atoms with E-state index in [1.54, 1.807) is 6.07 Å². The first-order valence-electron chi connectivity index (χ1n) is 12.2. The average Bonchev–Trinajstić information content (AvgIpc) is 2.76. The second-order valence-electron chi connectivity index (χ2n) is 9.60. The SMILES string of the molecule is CCCCCCC1CCC(C=CC2CCC(c3cc(F)c(C#N)c(F)c3)CC2)CC1. The number of nitriles is 1. The Morgan fingerprint density at radius 3 is 1.97 bits per heavy atom. The van der Waals surface area contributed by atoms with Crippen molar-refractivity contribution in [3.63, 3.8) is 0 Å². The maximum absolute atomic E-state index is 13.9. The van der Waals surface area contributed by atoms with Gasteiger partial charge < -0.3 is 0 Å². The molecular formula is C27H37F2N. The second kappa shape index (κ2) is 11.6. The highest BCUT2D eigenvalue weighted by Crippen LogP contribution is 2.38. The topological polar surface area (TPSA) is 23.8 Å². The van der Waals surface area contributed by atoms with Crippen molar-refractivity contribution in [2.45, 2.75) is 96.3 Å². The highest BCUT2D eigenvalue weighted by Gasteiger charge is 2.24. The molecule has 0 N–H and O–H groups in total. The predicted molar refractivity (Wildman–Crippen MR) is 119 cm³/mol. The van der Waals surface area contributed by atoms with E-state index in [9.17, 15) is 8.78 Å². The van der Waals surface area contributed by atoms with Crippen molar-refractivity contribution < 1.29 is 8.78 Å². The molecule has 0 atom stereocenters. The van der Waals surface area contributed by atoms with Crippen molar-refractivity contribution in [2.24, 2.45) is 17.8 Å². The van der Waals surface area contributed by atoms with Gasteiger partial charge in [-0.15, -0.1) is 0 Å². The molecule has 1 aromatic rings. The molecule has 30 heavy (non-hydrogen) atoms. The molecule has 2 aliphatic rings. The van der Waals surface area contributed by atoms with Gasteiger partial charge in [0, 0.05) is 0 Å². The first-order valence-corrected chi connectivity index (χ1v) is 12.2. The Morgan fingerprint density at radius 1 is 0.867 bits per heavy atom. The van der Waals surface area contributed by atoms with Gasteiger partial charge in [-0.05, 0) is 92.7 Å². The van der Waals surface area contributed by atoms with Crippen molar-refractivity contribution in [1.29, 1.82) is 5.26 Å². The van der Waals surface area contributed by atoms with Gasteiger partial charge in [0.1, 0.15) is 23.3 Å². The summed E-state index contributed by atoms with van der Waals surface area (Å²) in [5, 5.41) is 8.84. The van der Waals surface area contributed by atoms with E-state index in [1.165, 1.54) is 69.9 Å². The number of hydrogen-bond donors (Lipinski definition) is 0. The molecule has 2 saturated carbocycles. The van der Waals surface area contributed by atoms with Crippen LogP contribution in [0.15, 0.2) is 24.3 Å². The molecule has 0 amide bonds. The quantitative estimate of drug-likeness (QED) is 0.310. The fraction of sp³-hybridized carbons (Fsp3) is 0.667. The molecule has 2 fully saturated rings. The minimum absolute atomic E-state index is 0.203. The van der Waals surface area contributed by atoms with Crippen LogP contribution >= 0.6 is 0 Å². The summed E-state index contributed by atoms with van der Waals surface area (Å²) in [4.78, 5) is 0. The Hall–Kier alpha value is -1.69. The largest absolute Gasteiger partial charge is 0.205 e. The molecule has 0 spiro atoms. The molecule has 0 radical (unpaired) electrons. The molecule has 0 saturated heterocycles. The highest BCUT2D eigenvalue weighted by molar-refractivity contribution is 5.36. The molecule has 0 aliphatic heterocycles. The number of halogens is 2. The lowest BCUT2D eigenvalue weighted by Crippen LogP contribution is -2.15. The van der Waals surface area contributed by atoms with E-state index < -0.39 is 17.2 Å². The minimum Gasteiger partial charge on any atom is -0.205 e. The van der Waals surface area contributed by atoms with Crippen LogP contribution in [-0.2, 0) is 0 Å². The second-order valence-corrected chi connectivity index (χ2v) is 9.60.